The molecular weight excluding hydrogens is 492 g/mol. The molecule has 4 rings (SSSR count). The molecule has 1 aliphatic heterocycles. The molecule has 14 heteroatoms. The lowest BCUT2D eigenvalue weighted by Gasteiger charge is -2.17. The van der Waals surface area contributed by atoms with E-state index in [1.54, 1.807) is 31.0 Å². The first-order chi connectivity index (χ1) is 16.5. The maximum absolute atomic E-state index is 14.0. The maximum Gasteiger partial charge on any atom is 0.573 e. The zero-order valence-electron chi connectivity index (χ0n) is 18.6. The van der Waals surface area contributed by atoms with Crippen molar-refractivity contribution < 1.29 is 31.9 Å². The smallest absolute Gasteiger partial charge is 0.403 e. The number of aromatic nitrogens is 3. The van der Waals surface area contributed by atoms with Gasteiger partial charge in [0.15, 0.2) is 16.7 Å². The number of hydrogen-bond donors (Lipinski definition) is 1. The van der Waals surface area contributed by atoms with Crippen molar-refractivity contribution in [3.05, 3.63) is 58.1 Å². The van der Waals surface area contributed by atoms with Gasteiger partial charge in [-0.15, -0.1) is 13.2 Å². The number of thiazole rings is 1. The molecule has 1 fully saturated rings. The summed E-state index contributed by atoms with van der Waals surface area (Å²) in [6.07, 6.45) is -1.58. The lowest BCUT2D eigenvalue weighted by Crippen LogP contribution is -2.31. The minimum absolute atomic E-state index is 0.0125. The molecule has 1 aliphatic rings. The number of urea groups is 1. The lowest BCUT2D eigenvalue weighted by atomic mass is 10.2. The van der Waals surface area contributed by atoms with Crippen molar-refractivity contribution in [3.8, 4) is 5.75 Å². The summed E-state index contributed by atoms with van der Waals surface area (Å²) in [5.74, 6) is -2.45. The van der Waals surface area contributed by atoms with Crippen molar-refractivity contribution in [1.82, 2.24) is 25.0 Å². The molecule has 0 unspecified atom stereocenters. The third-order valence-electron chi connectivity index (χ3n) is 5.12. The average Bonchev–Trinajstić information content (AvgIpc) is 3.46. The highest BCUT2D eigenvalue weighted by atomic mass is 32.1. The predicted octanol–water partition coefficient (Wildman–Crippen LogP) is 3.59. The van der Waals surface area contributed by atoms with Crippen LogP contribution in [0.2, 0.25) is 0 Å². The fourth-order valence-electron chi connectivity index (χ4n) is 3.51. The van der Waals surface area contributed by atoms with Crippen LogP contribution in [-0.4, -0.2) is 51.1 Å². The molecule has 1 saturated heterocycles. The van der Waals surface area contributed by atoms with Crippen molar-refractivity contribution in [1.29, 1.82) is 0 Å². The number of halogens is 4. The molecule has 2 aromatic heterocycles. The Hall–Kier alpha value is -3.68. The molecule has 0 aliphatic carbocycles. The first kappa shape index (κ1) is 24.4. The Bertz CT molecular complexity index is 1260. The standard InChI is InChI=1S/C21H20F4N6O3S/c1-12-17(18(32)26-8-14-9-27-29(2)10-14)35-19(28-12)31-6-5-30(20(31)33)11-13-3-4-16(15(22)7-13)34-21(23,24)25/h3-4,7,9-10H,5-6,8,11H2,1-2H3,(H,26,32). The number of ether oxygens (including phenoxy) is 1. The molecule has 0 atom stereocenters. The van der Waals surface area contributed by atoms with Gasteiger partial charge in [0.1, 0.15) is 4.88 Å². The molecule has 3 heterocycles. The van der Waals surface area contributed by atoms with Crippen molar-refractivity contribution in [2.75, 3.05) is 18.0 Å². The van der Waals surface area contributed by atoms with Crippen molar-refractivity contribution in [2.24, 2.45) is 7.05 Å². The molecule has 3 aromatic rings. The van der Waals surface area contributed by atoms with E-state index in [1.165, 1.54) is 15.9 Å². The molecule has 0 radical (unpaired) electrons. The number of nitrogens with one attached hydrogen (secondary N) is 1. The van der Waals surface area contributed by atoms with E-state index < -0.39 is 24.0 Å². The summed E-state index contributed by atoms with van der Waals surface area (Å²) in [4.78, 5) is 33.1. The van der Waals surface area contributed by atoms with Gasteiger partial charge >= 0.3 is 12.4 Å². The number of alkyl halides is 3. The summed E-state index contributed by atoms with van der Waals surface area (Å²) in [7, 11) is 1.77. The lowest BCUT2D eigenvalue weighted by molar-refractivity contribution is -0.275. The van der Waals surface area contributed by atoms with E-state index in [1.807, 2.05) is 0 Å². The molecule has 35 heavy (non-hydrogen) atoms. The van der Waals surface area contributed by atoms with E-state index in [0.717, 1.165) is 29.0 Å². The molecule has 0 bridgehead atoms. The van der Waals surface area contributed by atoms with Gasteiger partial charge in [0.25, 0.3) is 5.91 Å². The topological polar surface area (TPSA) is 92.6 Å². The van der Waals surface area contributed by atoms with Gasteiger partial charge in [-0.05, 0) is 24.6 Å². The maximum atomic E-state index is 14.0. The number of carbonyl (C=O) groups is 2. The Balaban J connectivity index is 1.39. The summed E-state index contributed by atoms with van der Waals surface area (Å²) in [6.45, 7) is 2.54. The SMILES string of the molecule is Cc1nc(N2CCN(Cc3ccc(OC(F)(F)F)c(F)c3)C2=O)sc1C(=O)NCc1cnn(C)c1. The first-order valence-electron chi connectivity index (χ1n) is 10.3. The predicted molar refractivity (Wildman–Crippen MR) is 117 cm³/mol. The van der Waals surface area contributed by atoms with Crippen LogP contribution >= 0.6 is 11.3 Å². The molecule has 186 valence electrons. The minimum atomic E-state index is -5.01. The summed E-state index contributed by atoms with van der Waals surface area (Å²) < 4.78 is 56.2. The summed E-state index contributed by atoms with van der Waals surface area (Å²) in [5.41, 5.74) is 1.61. The average molecular weight is 512 g/mol. The van der Waals surface area contributed by atoms with Crippen LogP contribution in [0, 0.1) is 12.7 Å². The number of rotatable bonds is 7. The van der Waals surface area contributed by atoms with E-state index in [4.69, 9.17) is 0 Å². The second-order valence-corrected chi connectivity index (χ2v) is 8.76. The summed E-state index contributed by atoms with van der Waals surface area (Å²) >= 11 is 1.08. The molecule has 3 amide bonds. The number of anilines is 1. The Kier molecular flexibility index (Phi) is 6.65. The van der Waals surface area contributed by atoms with E-state index >= 15 is 0 Å². The van der Waals surface area contributed by atoms with Crippen LogP contribution in [0.5, 0.6) is 5.75 Å². The van der Waals surface area contributed by atoms with Gasteiger partial charge in [-0.25, -0.2) is 14.2 Å². The molecular formula is C21H20F4N6O3S. The van der Waals surface area contributed by atoms with Gasteiger partial charge in [0, 0.05) is 45.0 Å². The third-order valence-corrected chi connectivity index (χ3v) is 6.30. The number of aryl methyl sites for hydroxylation is 2. The number of nitrogens with zero attached hydrogens (tertiary/aromatic N) is 5. The Morgan fingerprint density at radius 1 is 1.26 bits per heavy atom. The molecule has 0 saturated carbocycles. The van der Waals surface area contributed by atoms with E-state index in [-0.39, 0.29) is 12.5 Å². The van der Waals surface area contributed by atoms with Crippen molar-refractivity contribution in [2.45, 2.75) is 26.4 Å². The van der Waals surface area contributed by atoms with Crippen LogP contribution in [0.4, 0.5) is 27.5 Å². The molecule has 0 spiro atoms. The van der Waals surface area contributed by atoms with Gasteiger partial charge < -0.3 is 15.0 Å². The van der Waals surface area contributed by atoms with Gasteiger partial charge in [-0.2, -0.15) is 5.10 Å². The summed E-state index contributed by atoms with van der Waals surface area (Å²) in [6, 6.07) is 2.63. The number of hydrogen-bond acceptors (Lipinski definition) is 6. The molecule has 1 N–H and O–H groups in total. The van der Waals surface area contributed by atoms with Crippen LogP contribution in [0.15, 0.2) is 30.6 Å². The molecule has 9 nitrogen and oxygen atoms in total. The highest BCUT2D eigenvalue weighted by Gasteiger charge is 2.34. The molecule has 1 aromatic carbocycles. The Morgan fingerprint density at radius 2 is 2.03 bits per heavy atom. The van der Waals surface area contributed by atoms with Crippen LogP contribution in [-0.2, 0) is 20.1 Å². The minimum Gasteiger partial charge on any atom is -0.403 e. The van der Waals surface area contributed by atoms with Gasteiger partial charge in [0.2, 0.25) is 0 Å². The third kappa shape index (κ3) is 5.70. The van der Waals surface area contributed by atoms with Crippen molar-refractivity contribution in [3.63, 3.8) is 0 Å². The number of benzene rings is 1. The fraction of sp³-hybridized carbons (Fsp3) is 0.333. The fourth-order valence-corrected chi connectivity index (χ4v) is 4.51. The highest BCUT2D eigenvalue weighted by molar-refractivity contribution is 7.17. The number of carbonyl (C=O) groups excluding carboxylic acids is 2. The second kappa shape index (κ2) is 9.52. The van der Waals surface area contributed by atoms with Crippen molar-refractivity contribution >= 4 is 28.4 Å². The van der Waals surface area contributed by atoms with Gasteiger partial charge in [-0.3, -0.25) is 14.4 Å². The normalized spacial score (nSPS) is 14.1. The quantitative estimate of drug-likeness (QED) is 0.489. The van der Waals surface area contributed by atoms with Gasteiger partial charge in [-0.1, -0.05) is 17.4 Å². The zero-order chi connectivity index (χ0) is 25.3. The Morgan fingerprint density at radius 3 is 2.69 bits per heavy atom. The van der Waals surface area contributed by atoms with Crippen LogP contribution in [0.3, 0.4) is 0 Å². The van der Waals surface area contributed by atoms with Gasteiger partial charge in [0.05, 0.1) is 11.9 Å². The van der Waals surface area contributed by atoms with E-state index in [9.17, 15) is 27.2 Å². The largest absolute Gasteiger partial charge is 0.573 e. The summed E-state index contributed by atoms with van der Waals surface area (Å²) in [5, 5.41) is 7.19. The Labute approximate surface area is 200 Å². The highest BCUT2D eigenvalue weighted by Crippen LogP contribution is 2.30. The van der Waals surface area contributed by atoms with Crippen LogP contribution < -0.4 is 15.0 Å². The van der Waals surface area contributed by atoms with Crippen LogP contribution in [0.25, 0.3) is 0 Å². The second-order valence-electron chi connectivity index (χ2n) is 7.78. The monoisotopic (exact) mass is 512 g/mol. The first-order valence-corrected chi connectivity index (χ1v) is 11.2. The zero-order valence-corrected chi connectivity index (χ0v) is 19.4. The van der Waals surface area contributed by atoms with E-state index in [0.29, 0.717) is 40.9 Å². The van der Waals surface area contributed by atoms with E-state index in [2.05, 4.69) is 20.1 Å². The van der Waals surface area contributed by atoms with Crippen LogP contribution in [0.1, 0.15) is 26.5 Å². The number of amides is 3.